The van der Waals surface area contributed by atoms with E-state index in [1.54, 1.807) is 0 Å². The summed E-state index contributed by atoms with van der Waals surface area (Å²) in [6.07, 6.45) is 6.91. The van der Waals surface area contributed by atoms with Gasteiger partial charge in [0, 0.05) is 13.1 Å². The highest BCUT2D eigenvalue weighted by Gasteiger charge is 2.29. The van der Waals surface area contributed by atoms with Crippen molar-refractivity contribution in [2.45, 2.75) is 52.1 Å². The van der Waals surface area contributed by atoms with E-state index in [1.807, 2.05) is 0 Å². The number of nitrogens with one attached hydrogen (secondary N) is 1. The van der Waals surface area contributed by atoms with Crippen LogP contribution in [0, 0.1) is 11.8 Å². The van der Waals surface area contributed by atoms with Crippen molar-refractivity contribution < 1.29 is 4.42 Å². The van der Waals surface area contributed by atoms with Crippen molar-refractivity contribution in [1.82, 2.24) is 10.2 Å². The molecule has 0 unspecified atom stereocenters. The second kappa shape index (κ2) is 6.77. The van der Waals surface area contributed by atoms with Gasteiger partial charge in [-0.3, -0.25) is 4.90 Å². The van der Waals surface area contributed by atoms with Crippen LogP contribution >= 0.6 is 0 Å². The zero-order chi connectivity index (χ0) is 13.8. The minimum Gasteiger partial charge on any atom is -0.463 e. The molecule has 2 aliphatic rings. The molecule has 0 bridgehead atoms. The maximum atomic E-state index is 5.96. The highest BCUT2D eigenvalue weighted by Crippen LogP contribution is 2.34. The van der Waals surface area contributed by atoms with Crippen LogP contribution in [0.15, 0.2) is 16.5 Å². The quantitative estimate of drug-likeness (QED) is 0.664. The van der Waals surface area contributed by atoms with Crippen LogP contribution in [-0.4, -0.2) is 24.5 Å². The topological polar surface area (TPSA) is 28.4 Å². The van der Waals surface area contributed by atoms with Crippen LogP contribution in [0.5, 0.6) is 0 Å². The first-order valence-electron chi connectivity index (χ1n) is 8.34. The number of hydrogen-bond acceptors (Lipinski definition) is 3. The molecule has 1 aromatic rings. The van der Waals surface area contributed by atoms with Crippen molar-refractivity contribution in [3.05, 3.63) is 23.7 Å². The third-order valence-corrected chi connectivity index (χ3v) is 4.25. The Balaban J connectivity index is 1.48. The summed E-state index contributed by atoms with van der Waals surface area (Å²) in [5.41, 5.74) is 0. The lowest BCUT2D eigenvalue weighted by molar-refractivity contribution is 0.223. The van der Waals surface area contributed by atoms with Crippen LogP contribution in [-0.2, 0) is 13.1 Å². The Morgan fingerprint density at radius 2 is 1.75 bits per heavy atom. The molecule has 1 heterocycles. The molecule has 3 rings (SSSR count). The Bertz CT molecular complexity index is 393. The Kier molecular flexibility index (Phi) is 4.79. The second-order valence-electron chi connectivity index (χ2n) is 6.63. The fraction of sp³-hybridized carbons (Fsp3) is 0.765. The summed E-state index contributed by atoms with van der Waals surface area (Å²) in [7, 11) is 0. The fourth-order valence-electron chi connectivity index (χ4n) is 2.75. The van der Waals surface area contributed by atoms with Gasteiger partial charge in [0.05, 0.1) is 13.1 Å². The lowest BCUT2D eigenvalue weighted by atomic mass is 10.3. The van der Waals surface area contributed by atoms with E-state index in [0.29, 0.717) is 0 Å². The summed E-state index contributed by atoms with van der Waals surface area (Å²) in [6.45, 7) is 7.67. The summed E-state index contributed by atoms with van der Waals surface area (Å²) >= 11 is 0. The molecule has 2 saturated carbocycles. The van der Waals surface area contributed by atoms with Crippen molar-refractivity contribution in [3.63, 3.8) is 0 Å². The molecular weight excluding hydrogens is 248 g/mol. The van der Waals surface area contributed by atoms with E-state index in [-0.39, 0.29) is 0 Å². The Morgan fingerprint density at radius 1 is 1.10 bits per heavy atom. The molecule has 3 nitrogen and oxygen atoms in total. The SMILES string of the molecule is CCCNCc1ccc(CN(CC2CC2)CC2CC2)o1. The van der Waals surface area contributed by atoms with Gasteiger partial charge in [0.2, 0.25) is 0 Å². The van der Waals surface area contributed by atoms with Gasteiger partial charge in [0.1, 0.15) is 11.5 Å². The van der Waals surface area contributed by atoms with E-state index in [1.165, 1.54) is 45.2 Å². The molecule has 0 amide bonds. The van der Waals surface area contributed by atoms with Gasteiger partial charge in [-0.25, -0.2) is 0 Å². The number of rotatable bonds is 10. The van der Waals surface area contributed by atoms with Crippen LogP contribution < -0.4 is 5.32 Å². The molecule has 1 aromatic heterocycles. The van der Waals surface area contributed by atoms with E-state index < -0.39 is 0 Å². The molecule has 2 aliphatic carbocycles. The van der Waals surface area contributed by atoms with E-state index in [2.05, 4.69) is 29.3 Å². The Morgan fingerprint density at radius 3 is 2.35 bits per heavy atom. The molecule has 20 heavy (non-hydrogen) atoms. The molecule has 0 aliphatic heterocycles. The lowest BCUT2D eigenvalue weighted by Crippen LogP contribution is -2.27. The molecule has 0 atom stereocenters. The molecule has 2 fully saturated rings. The third kappa shape index (κ3) is 4.64. The summed E-state index contributed by atoms with van der Waals surface area (Å²) in [6, 6.07) is 4.29. The van der Waals surface area contributed by atoms with Gasteiger partial charge in [-0.1, -0.05) is 6.92 Å². The van der Waals surface area contributed by atoms with Crippen molar-refractivity contribution in [3.8, 4) is 0 Å². The monoisotopic (exact) mass is 276 g/mol. The Labute approximate surface area is 122 Å². The molecule has 112 valence electrons. The van der Waals surface area contributed by atoms with Gasteiger partial charge in [0.15, 0.2) is 0 Å². The zero-order valence-electron chi connectivity index (χ0n) is 12.7. The normalized spacial score (nSPS) is 18.9. The Hall–Kier alpha value is -0.800. The number of nitrogens with zero attached hydrogens (tertiary/aromatic N) is 1. The van der Waals surface area contributed by atoms with Gasteiger partial charge in [-0.2, -0.15) is 0 Å². The molecule has 0 spiro atoms. The molecular formula is C17H28N2O. The fourth-order valence-corrected chi connectivity index (χ4v) is 2.75. The summed E-state index contributed by atoms with van der Waals surface area (Å²) in [5.74, 6) is 4.15. The van der Waals surface area contributed by atoms with Crippen molar-refractivity contribution in [2.75, 3.05) is 19.6 Å². The first-order valence-corrected chi connectivity index (χ1v) is 8.34. The minimum atomic E-state index is 0.860. The van der Waals surface area contributed by atoms with Crippen LogP contribution in [0.4, 0.5) is 0 Å². The van der Waals surface area contributed by atoms with Crippen LogP contribution in [0.2, 0.25) is 0 Å². The summed E-state index contributed by atoms with van der Waals surface area (Å²) < 4.78 is 5.96. The highest BCUT2D eigenvalue weighted by molar-refractivity contribution is 5.07. The zero-order valence-corrected chi connectivity index (χ0v) is 12.7. The van der Waals surface area contributed by atoms with E-state index in [4.69, 9.17) is 4.42 Å². The minimum absolute atomic E-state index is 0.860. The van der Waals surface area contributed by atoms with Gasteiger partial charge in [0.25, 0.3) is 0 Å². The first-order chi connectivity index (χ1) is 9.83. The molecule has 3 heteroatoms. The number of furan rings is 1. The third-order valence-electron chi connectivity index (χ3n) is 4.25. The van der Waals surface area contributed by atoms with Gasteiger partial charge in [-0.05, 0) is 62.6 Å². The molecule has 0 aromatic carbocycles. The predicted octanol–water partition coefficient (Wildman–Crippen LogP) is 3.40. The van der Waals surface area contributed by atoms with E-state index in [0.717, 1.165) is 43.0 Å². The number of hydrogen-bond donors (Lipinski definition) is 1. The van der Waals surface area contributed by atoms with E-state index >= 15 is 0 Å². The van der Waals surface area contributed by atoms with Gasteiger partial charge in [-0.15, -0.1) is 0 Å². The van der Waals surface area contributed by atoms with E-state index in [9.17, 15) is 0 Å². The average molecular weight is 276 g/mol. The smallest absolute Gasteiger partial charge is 0.118 e. The van der Waals surface area contributed by atoms with Crippen LogP contribution in [0.3, 0.4) is 0 Å². The summed E-state index contributed by atoms with van der Waals surface area (Å²) in [5, 5.41) is 3.40. The molecule has 0 saturated heterocycles. The maximum absolute atomic E-state index is 5.96. The van der Waals surface area contributed by atoms with Crippen molar-refractivity contribution >= 4 is 0 Å². The first kappa shape index (κ1) is 14.2. The average Bonchev–Trinajstić information content (AvgIpc) is 3.34. The van der Waals surface area contributed by atoms with Gasteiger partial charge >= 0.3 is 0 Å². The van der Waals surface area contributed by atoms with Crippen molar-refractivity contribution in [1.29, 1.82) is 0 Å². The summed E-state index contributed by atoms with van der Waals surface area (Å²) in [4.78, 5) is 2.62. The largest absolute Gasteiger partial charge is 0.463 e. The van der Waals surface area contributed by atoms with Crippen LogP contribution in [0.1, 0.15) is 50.5 Å². The van der Waals surface area contributed by atoms with Crippen molar-refractivity contribution in [2.24, 2.45) is 11.8 Å². The maximum Gasteiger partial charge on any atom is 0.118 e. The van der Waals surface area contributed by atoms with Gasteiger partial charge < -0.3 is 9.73 Å². The second-order valence-corrected chi connectivity index (χ2v) is 6.63. The molecule has 0 radical (unpaired) electrons. The lowest BCUT2D eigenvalue weighted by Gasteiger charge is -2.20. The standard InChI is InChI=1S/C17H28N2O/c1-2-9-18-10-16-7-8-17(20-16)13-19(11-14-3-4-14)12-15-5-6-15/h7-8,14-15,18H,2-6,9-13H2,1H3. The highest BCUT2D eigenvalue weighted by atomic mass is 16.3. The molecule has 1 N–H and O–H groups in total. The van der Waals surface area contributed by atoms with Crippen LogP contribution in [0.25, 0.3) is 0 Å². The predicted molar refractivity (Wildman–Crippen MR) is 81.4 cm³/mol.